The van der Waals surface area contributed by atoms with Crippen LogP contribution < -0.4 is 5.32 Å². The first-order valence-corrected chi connectivity index (χ1v) is 5.38. The van der Waals surface area contributed by atoms with E-state index in [2.05, 4.69) is 20.5 Å². The first-order chi connectivity index (χ1) is 8.65. The van der Waals surface area contributed by atoms with E-state index in [9.17, 15) is 4.79 Å². The summed E-state index contributed by atoms with van der Waals surface area (Å²) in [5.74, 6) is -0.572. The Morgan fingerprint density at radius 2 is 2.11 bits per heavy atom. The molecule has 0 aromatic carbocycles. The Morgan fingerprint density at radius 3 is 2.72 bits per heavy atom. The van der Waals surface area contributed by atoms with Crippen LogP contribution in [0.25, 0.3) is 0 Å². The number of nitrogens with one attached hydrogen (secondary N) is 1. The molecule has 92 valence electrons. The van der Waals surface area contributed by atoms with Crippen molar-refractivity contribution in [2.75, 3.05) is 5.32 Å². The number of pyridine rings is 1. The average Bonchev–Trinajstić information content (AvgIpc) is 2.37. The molecule has 2 aromatic heterocycles. The predicted molar refractivity (Wildman–Crippen MR) is 65.3 cm³/mol. The van der Waals surface area contributed by atoms with Crippen molar-refractivity contribution in [3.63, 3.8) is 0 Å². The molecule has 2 heterocycles. The molecule has 0 amide bonds. The third-order valence-corrected chi connectivity index (χ3v) is 2.28. The molecule has 0 bridgehead atoms. The molecule has 0 aliphatic rings. The Hall–Kier alpha value is -2.50. The zero-order valence-corrected chi connectivity index (χ0v) is 9.79. The third kappa shape index (κ3) is 3.00. The summed E-state index contributed by atoms with van der Waals surface area (Å²) in [6.07, 6.45) is 0. The molecule has 0 spiro atoms. The lowest BCUT2D eigenvalue weighted by atomic mass is 10.3. The van der Waals surface area contributed by atoms with Crippen LogP contribution >= 0.6 is 0 Å². The van der Waals surface area contributed by atoms with Crippen molar-refractivity contribution in [2.45, 2.75) is 13.5 Å². The van der Waals surface area contributed by atoms with Crippen LogP contribution in [0.15, 0.2) is 30.3 Å². The number of carboxylic acids is 1. The van der Waals surface area contributed by atoms with Gasteiger partial charge in [-0.15, -0.1) is 10.2 Å². The minimum Gasteiger partial charge on any atom is -0.476 e. The summed E-state index contributed by atoms with van der Waals surface area (Å²) in [6.45, 7) is 2.44. The van der Waals surface area contributed by atoms with E-state index in [1.54, 1.807) is 6.07 Å². The van der Waals surface area contributed by atoms with Crippen molar-refractivity contribution in [2.24, 2.45) is 0 Å². The highest BCUT2D eigenvalue weighted by molar-refractivity contribution is 5.85. The normalized spacial score (nSPS) is 10.1. The van der Waals surface area contributed by atoms with Gasteiger partial charge in [-0.25, -0.2) is 4.79 Å². The first kappa shape index (κ1) is 12.0. The fourth-order valence-electron chi connectivity index (χ4n) is 1.42. The van der Waals surface area contributed by atoms with Gasteiger partial charge in [0.1, 0.15) is 5.82 Å². The largest absolute Gasteiger partial charge is 0.476 e. The molecule has 2 aromatic rings. The molecule has 0 atom stereocenters. The van der Waals surface area contributed by atoms with Gasteiger partial charge in [-0.05, 0) is 31.2 Å². The average molecular weight is 244 g/mol. The molecule has 0 unspecified atom stereocenters. The number of anilines is 1. The number of carboxylic acid groups (broad SMARTS) is 1. The van der Waals surface area contributed by atoms with Crippen molar-refractivity contribution in [1.29, 1.82) is 0 Å². The Labute approximate surface area is 104 Å². The summed E-state index contributed by atoms with van der Waals surface area (Å²) < 4.78 is 0. The number of carbonyl (C=O) groups is 1. The second kappa shape index (κ2) is 5.22. The molecule has 0 saturated heterocycles. The standard InChI is InChI=1S/C12H12N4O2/c1-8-3-2-4-9(14-8)7-13-11-6-5-10(12(17)18)15-16-11/h2-6H,7H2,1H3,(H,13,16)(H,17,18). The minimum absolute atomic E-state index is 0.0748. The Bertz CT molecular complexity index is 554. The predicted octanol–water partition coefficient (Wildman–Crippen LogP) is 1.49. The van der Waals surface area contributed by atoms with Crippen LogP contribution in [0.3, 0.4) is 0 Å². The van der Waals surface area contributed by atoms with E-state index in [-0.39, 0.29) is 5.69 Å². The van der Waals surface area contributed by atoms with Crippen LogP contribution in [0.4, 0.5) is 5.82 Å². The van der Waals surface area contributed by atoms with Gasteiger partial charge in [0.15, 0.2) is 5.69 Å². The maximum atomic E-state index is 10.6. The molecule has 2 rings (SSSR count). The summed E-state index contributed by atoms with van der Waals surface area (Å²) in [6, 6.07) is 8.73. The number of aryl methyl sites for hydroxylation is 1. The quantitative estimate of drug-likeness (QED) is 0.847. The number of hydrogen-bond acceptors (Lipinski definition) is 5. The smallest absolute Gasteiger partial charge is 0.356 e. The molecule has 0 saturated carbocycles. The van der Waals surface area contributed by atoms with Gasteiger partial charge in [-0.1, -0.05) is 6.07 Å². The second-order valence-corrected chi connectivity index (χ2v) is 3.73. The minimum atomic E-state index is -1.09. The molecular formula is C12H12N4O2. The van der Waals surface area contributed by atoms with E-state index in [4.69, 9.17) is 5.11 Å². The van der Waals surface area contributed by atoms with Crippen LogP contribution in [0.1, 0.15) is 21.9 Å². The number of aromatic nitrogens is 3. The van der Waals surface area contributed by atoms with Crippen LogP contribution in [0.5, 0.6) is 0 Å². The number of hydrogen-bond donors (Lipinski definition) is 2. The molecule has 0 radical (unpaired) electrons. The van der Waals surface area contributed by atoms with Crippen molar-refractivity contribution >= 4 is 11.8 Å². The van der Waals surface area contributed by atoms with Crippen molar-refractivity contribution in [3.05, 3.63) is 47.4 Å². The monoisotopic (exact) mass is 244 g/mol. The summed E-state index contributed by atoms with van der Waals surface area (Å²) in [7, 11) is 0. The van der Waals surface area contributed by atoms with Crippen molar-refractivity contribution in [3.8, 4) is 0 Å². The van der Waals surface area contributed by atoms with E-state index < -0.39 is 5.97 Å². The molecular weight excluding hydrogens is 232 g/mol. The topological polar surface area (TPSA) is 88.0 Å². The number of aromatic carboxylic acids is 1. The summed E-state index contributed by atoms with van der Waals surface area (Å²) in [5.41, 5.74) is 1.76. The molecule has 18 heavy (non-hydrogen) atoms. The second-order valence-electron chi connectivity index (χ2n) is 3.73. The van der Waals surface area contributed by atoms with Gasteiger partial charge in [-0.3, -0.25) is 4.98 Å². The maximum absolute atomic E-state index is 10.6. The van der Waals surface area contributed by atoms with Crippen molar-refractivity contribution in [1.82, 2.24) is 15.2 Å². The van der Waals surface area contributed by atoms with Crippen LogP contribution in [0.2, 0.25) is 0 Å². The van der Waals surface area contributed by atoms with Gasteiger partial charge >= 0.3 is 5.97 Å². The van der Waals surface area contributed by atoms with E-state index in [0.29, 0.717) is 12.4 Å². The lowest BCUT2D eigenvalue weighted by molar-refractivity contribution is 0.0689. The molecule has 6 heteroatoms. The number of nitrogens with zero attached hydrogens (tertiary/aromatic N) is 3. The molecule has 0 aliphatic heterocycles. The Morgan fingerprint density at radius 1 is 1.28 bits per heavy atom. The number of rotatable bonds is 4. The van der Waals surface area contributed by atoms with Crippen molar-refractivity contribution < 1.29 is 9.90 Å². The van der Waals surface area contributed by atoms with Gasteiger partial charge < -0.3 is 10.4 Å². The fourth-order valence-corrected chi connectivity index (χ4v) is 1.42. The fraction of sp³-hybridized carbons (Fsp3) is 0.167. The Kier molecular flexibility index (Phi) is 3.47. The van der Waals surface area contributed by atoms with Crippen LogP contribution in [-0.4, -0.2) is 26.3 Å². The van der Waals surface area contributed by atoms with Crippen LogP contribution in [-0.2, 0) is 6.54 Å². The maximum Gasteiger partial charge on any atom is 0.356 e. The van der Waals surface area contributed by atoms with E-state index in [1.165, 1.54) is 6.07 Å². The molecule has 0 aliphatic carbocycles. The lowest BCUT2D eigenvalue weighted by Gasteiger charge is -2.05. The highest BCUT2D eigenvalue weighted by Crippen LogP contribution is 2.05. The zero-order chi connectivity index (χ0) is 13.0. The van der Waals surface area contributed by atoms with E-state index in [1.807, 2.05) is 25.1 Å². The molecule has 6 nitrogen and oxygen atoms in total. The SMILES string of the molecule is Cc1cccc(CNc2ccc(C(=O)O)nn2)n1. The summed E-state index contributed by atoms with van der Waals surface area (Å²) in [5, 5.41) is 19.0. The molecule has 0 fully saturated rings. The van der Waals surface area contributed by atoms with Gasteiger partial charge in [-0.2, -0.15) is 0 Å². The molecule has 2 N–H and O–H groups in total. The van der Waals surface area contributed by atoms with Gasteiger partial charge in [0.25, 0.3) is 0 Å². The zero-order valence-electron chi connectivity index (χ0n) is 9.79. The van der Waals surface area contributed by atoms with Crippen LogP contribution in [0, 0.1) is 6.92 Å². The van der Waals surface area contributed by atoms with Gasteiger partial charge in [0.2, 0.25) is 0 Å². The highest BCUT2D eigenvalue weighted by atomic mass is 16.4. The lowest BCUT2D eigenvalue weighted by Crippen LogP contribution is -2.07. The third-order valence-electron chi connectivity index (χ3n) is 2.28. The van der Waals surface area contributed by atoms with Gasteiger partial charge in [0.05, 0.1) is 12.2 Å². The van der Waals surface area contributed by atoms with Gasteiger partial charge in [0, 0.05) is 5.69 Å². The summed E-state index contributed by atoms with van der Waals surface area (Å²) >= 11 is 0. The first-order valence-electron chi connectivity index (χ1n) is 5.38. The summed E-state index contributed by atoms with van der Waals surface area (Å²) in [4.78, 5) is 14.9. The van der Waals surface area contributed by atoms with E-state index in [0.717, 1.165) is 11.4 Å². The highest BCUT2D eigenvalue weighted by Gasteiger charge is 2.04. The Balaban J connectivity index is 2.00. The van der Waals surface area contributed by atoms with E-state index >= 15 is 0 Å².